The van der Waals surface area contributed by atoms with Crippen LogP contribution >= 0.6 is 11.8 Å². The number of carbonyl (C=O) groups excluding carboxylic acids is 1. The van der Waals surface area contributed by atoms with Gasteiger partial charge in [0.1, 0.15) is 0 Å². The van der Waals surface area contributed by atoms with Crippen LogP contribution in [-0.2, 0) is 4.79 Å². The molecule has 0 spiro atoms. The van der Waals surface area contributed by atoms with Gasteiger partial charge < -0.3 is 15.5 Å². The van der Waals surface area contributed by atoms with E-state index in [-0.39, 0.29) is 24.9 Å². The summed E-state index contributed by atoms with van der Waals surface area (Å²) in [6.07, 6.45) is 0.487. The molecule has 0 unspecified atom stereocenters. The number of nitrogens with one attached hydrogen (secondary N) is 1. The van der Waals surface area contributed by atoms with Gasteiger partial charge in [-0.05, 0) is 25.0 Å². The van der Waals surface area contributed by atoms with Gasteiger partial charge in [-0.2, -0.15) is 0 Å². The van der Waals surface area contributed by atoms with Gasteiger partial charge in [0.2, 0.25) is 5.91 Å². The summed E-state index contributed by atoms with van der Waals surface area (Å²) < 4.78 is 0. The Labute approximate surface area is 118 Å². The van der Waals surface area contributed by atoms with E-state index in [1.54, 1.807) is 0 Å². The minimum atomic E-state index is -0.913. The lowest BCUT2D eigenvalue weighted by Gasteiger charge is -2.29. The SMILES string of the molecule is CCC(CO)(CO)NC(=O)CSc1ccccc1C. The van der Waals surface area contributed by atoms with Crippen LogP contribution in [0.2, 0.25) is 0 Å². The number of hydrogen-bond acceptors (Lipinski definition) is 4. The van der Waals surface area contributed by atoms with Crippen molar-refractivity contribution in [2.45, 2.75) is 30.7 Å². The zero-order valence-corrected chi connectivity index (χ0v) is 12.2. The number of thioether (sulfide) groups is 1. The van der Waals surface area contributed by atoms with E-state index in [9.17, 15) is 15.0 Å². The second-order valence-electron chi connectivity index (χ2n) is 4.55. The van der Waals surface area contributed by atoms with Crippen LogP contribution in [0.5, 0.6) is 0 Å². The van der Waals surface area contributed by atoms with Crippen LogP contribution in [0.1, 0.15) is 18.9 Å². The molecule has 0 bridgehead atoms. The highest BCUT2D eigenvalue weighted by molar-refractivity contribution is 8.00. The van der Waals surface area contributed by atoms with Crippen molar-refractivity contribution < 1.29 is 15.0 Å². The van der Waals surface area contributed by atoms with Gasteiger partial charge >= 0.3 is 0 Å². The quantitative estimate of drug-likeness (QED) is 0.660. The minimum absolute atomic E-state index is 0.182. The number of carbonyl (C=O) groups is 1. The van der Waals surface area contributed by atoms with Crippen LogP contribution in [-0.4, -0.2) is 40.6 Å². The van der Waals surface area contributed by atoms with Gasteiger partial charge in [-0.25, -0.2) is 0 Å². The van der Waals surface area contributed by atoms with E-state index >= 15 is 0 Å². The number of amides is 1. The fourth-order valence-corrected chi connectivity index (χ4v) is 2.46. The lowest BCUT2D eigenvalue weighted by Crippen LogP contribution is -2.54. The van der Waals surface area contributed by atoms with Gasteiger partial charge in [0.25, 0.3) is 0 Å². The third-order valence-electron chi connectivity index (χ3n) is 3.14. The molecule has 106 valence electrons. The molecule has 0 radical (unpaired) electrons. The highest BCUT2D eigenvalue weighted by Crippen LogP contribution is 2.21. The molecule has 0 aliphatic heterocycles. The molecule has 0 aromatic heterocycles. The number of benzene rings is 1. The molecule has 1 amide bonds. The molecule has 0 atom stereocenters. The monoisotopic (exact) mass is 283 g/mol. The van der Waals surface area contributed by atoms with Crippen LogP contribution in [0, 0.1) is 6.92 Å². The molecule has 0 aliphatic carbocycles. The number of aliphatic hydroxyl groups excluding tert-OH is 2. The zero-order valence-electron chi connectivity index (χ0n) is 11.3. The summed E-state index contributed by atoms with van der Waals surface area (Å²) in [5, 5.41) is 21.3. The van der Waals surface area contributed by atoms with E-state index in [1.165, 1.54) is 11.8 Å². The summed E-state index contributed by atoms with van der Waals surface area (Å²) in [4.78, 5) is 12.9. The van der Waals surface area contributed by atoms with E-state index in [0.717, 1.165) is 10.5 Å². The predicted molar refractivity (Wildman–Crippen MR) is 77.2 cm³/mol. The average molecular weight is 283 g/mol. The molecular formula is C14H21NO3S. The van der Waals surface area contributed by atoms with Crippen LogP contribution in [0.15, 0.2) is 29.2 Å². The van der Waals surface area contributed by atoms with Gasteiger partial charge in [0, 0.05) is 4.90 Å². The first kappa shape index (κ1) is 16.0. The number of aliphatic hydroxyl groups is 2. The molecule has 5 heteroatoms. The molecule has 19 heavy (non-hydrogen) atoms. The molecule has 0 saturated carbocycles. The fraction of sp³-hybridized carbons (Fsp3) is 0.500. The van der Waals surface area contributed by atoms with E-state index < -0.39 is 5.54 Å². The third-order valence-corrected chi connectivity index (χ3v) is 4.31. The van der Waals surface area contributed by atoms with Crippen molar-refractivity contribution in [2.75, 3.05) is 19.0 Å². The highest BCUT2D eigenvalue weighted by atomic mass is 32.2. The summed E-state index contributed by atoms with van der Waals surface area (Å²) in [5.74, 6) is 0.0882. The maximum absolute atomic E-state index is 11.9. The van der Waals surface area contributed by atoms with E-state index in [0.29, 0.717) is 6.42 Å². The van der Waals surface area contributed by atoms with Crippen molar-refractivity contribution in [1.29, 1.82) is 0 Å². The van der Waals surface area contributed by atoms with E-state index in [1.807, 2.05) is 38.1 Å². The van der Waals surface area contributed by atoms with Gasteiger partial charge in [-0.1, -0.05) is 25.1 Å². The molecule has 3 N–H and O–H groups in total. The summed E-state index contributed by atoms with van der Waals surface area (Å²) in [7, 11) is 0. The Bertz CT molecular complexity index is 411. The molecule has 0 heterocycles. The molecule has 0 fully saturated rings. The summed E-state index contributed by atoms with van der Waals surface area (Å²) in [6, 6.07) is 7.86. The zero-order chi connectivity index (χ0) is 14.3. The highest BCUT2D eigenvalue weighted by Gasteiger charge is 2.28. The Hall–Kier alpha value is -1.04. The van der Waals surface area contributed by atoms with Crippen LogP contribution in [0.25, 0.3) is 0 Å². The molecular weight excluding hydrogens is 262 g/mol. The molecule has 4 nitrogen and oxygen atoms in total. The number of hydrogen-bond donors (Lipinski definition) is 3. The van der Waals surface area contributed by atoms with Gasteiger partial charge in [0.15, 0.2) is 0 Å². The van der Waals surface area contributed by atoms with E-state index in [2.05, 4.69) is 5.32 Å². The van der Waals surface area contributed by atoms with Gasteiger partial charge in [-0.15, -0.1) is 11.8 Å². The Morgan fingerprint density at radius 3 is 2.47 bits per heavy atom. The molecule has 1 rings (SSSR count). The van der Waals surface area contributed by atoms with Gasteiger partial charge in [0.05, 0.1) is 24.5 Å². The van der Waals surface area contributed by atoms with E-state index in [4.69, 9.17) is 0 Å². The summed E-state index contributed by atoms with van der Waals surface area (Å²) >= 11 is 1.45. The second kappa shape index (κ2) is 7.53. The normalized spacial score (nSPS) is 11.4. The molecule has 1 aromatic rings. The molecule has 0 saturated heterocycles. The summed E-state index contributed by atoms with van der Waals surface area (Å²) in [5.41, 5.74) is 0.218. The topological polar surface area (TPSA) is 69.6 Å². The van der Waals surface area contributed by atoms with Crippen molar-refractivity contribution in [1.82, 2.24) is 5.32 Å². The Morgan fingerprint density at radius 2 is 1.95 bits per heavy atom. The maximum Gasteiger partial charge on any atom is 0.230 e. The number of aryl methyl sites for hydroxylation is 1. The smallest absolute Gasteiger partial charge is 0.230 e. The fourth-order valence-electron chi connectivity index (χ4n) is 1.63. The Kier molecular flexibility index (Phi) is 6.34. The van der Waals surface area contributed by atoms with Crippen LogP contribution in [0.3, 0.4) is 0 Å². The molecule has 1 aromatic carbocycles. The van der Waals surface area contributed by atoms with Gasteiger partial charge in [-0.3, -0.25) is 4.79 Å². The van der Waals surface area contributed by atoms with Crippen LogP contribution < -0.4 is 5.32 Å². The molecule has 0 aliphatic rings. The first-order chi connectivity index (χ1) is 9.06. The second-order valence-corrected chi connectivity index (χ2v) is 5.57. The maximum atomic E-state index is 11.9. The van der Waals surface area contributed by atoms with Crippen molar-refractivity contribution in [3.8, 4) is 0 Å². The predicted octanol–water partition coefficient (Wildman–Crippen LogP) is 1.34. The van der Waals surface area contributed by atoms with Crippen molar-refractivity contribution in [3.05, 3.63) is 29.8 Å². The summed E-state index contributed by atoms with van der Waals surface area (Å²) in [6.45, 7) is 3.29. The number of rotatable bonds is 7. The van der Waals surface area contributed by atoms with Crippen molar-refractivity contribution >= 4 is 17.7 Å². The van der Waals surface area contributed by atoms with Crippen molar-refractivity contribution in [3.63, 3.8) is 0 Å². The first-order valence-electron chi connectivity index (χ1n) is 6.28. The first-order valence-corrected chi connectivity index (χ1v) is 7.26. The minimum Gasteiger partial charge on any atom is -0.394 e. The van der Waals surface area contributed by atoms with Crippen molar-refractivity contribution in [2.24, 2.45) is 0 Å². The van der Waals surface area contributed by atoms with Crippen LogP contribution in [0.4, 0.5) is 0 Å². The largest absolute Gasteiger partial charge is 0.394 e. The Morgan fingerprint density at radius 1 is 1.32 bits per heavy atom. The lowest BCUT2D eigenvalue weighted by molar-refractivity contribution is -0.121. The lowest BCUT2D eigenvalue weighted by atomic mass is 9.99. The third kappa shape index (κ3) is 4.53. The standard InChI is InChI=1S/C14H21NO3S/c1-3-14(9-16,10-17)15-13(18)8-19-12-7-5-4-6-11(12)2/h4-7,16-17H,3,8-10H2,1-2H3,(H,15,18). The Balaban J connectivity index is 2.54. The average Bonchev–Trinajstić information content (AvgIpc) is 2.44.